The van der Waals surface area contributed by atoms with Gasteiger partial charge in [-0.2, -0.15) is 0 Å². The Kier molecular flexibility index (Phi) is 4.47. The average Bonchev–Trinajstić information content (AvgIpc) is 2.44. The number of benzene rings is 1. The number of pyridine rings is 1. The van der Waals surface area contributed by atoms with E-state index >= 15 is 0 Å². The van der Waals surface area contributed by atoms with Gasteiger partial charge in [-0.1, -0.05) is 31.2 Å². The molecule has 1 amide bonds. The van der Waals surface area contributed by atoms with E-state index in [1.54, 1.807) is 6.20 Å². The number of fused-ring (bicyclic) bond motifs is 1. The predicted octanol–water partition coefficient (Wildman–Crippen LogP) is 1.98. The minimum absolute atomic E-state index is 0.142. The quantitative estimate of drug-likeness (QED) is 0.862. The van der Waals surface area contributed by atoms with Gasteiger partial charge in [-0.15, -0.1) is 0 Å². The number of carbonyl (C=O) groups excluding carboxylic acids is 1. The summed E-state index contributed by atoms with van der Waals surface area (Å²) in [4.78, 5) is 16.3. The number of hydrogen-bond donors (Lipinski definition) is 2. The Labute approximate surface area is 112 Å². The summed E-state index contributed by atoms with van der Waals surface area (Å²) in [6.07, 6.45) is 2.33. The van der Waals surface area contributed by atoms with E-state index in [1.807, 2.05) is 37.3 Å². The molecule has 0 aliphatic rings. The fourth-order valence-corrected chi connectivity index (χ4v) is 1.97. The lowest BCUT2D eigenvalue weighted by Gasteiger charge is -2.11. The Hall–Kier alpha value is -1.94. The van der Waals surface area contributed by atoms with Gasteiger partial charge < -0.3 is 10.4 Å². The molecule has 1 atom stereocenters. The van der Waals surface area contributed by atoms with Gasteiger partial charge in [0.1, 0.15) is 5.69 Å². The van der Waals surface area contributed by atoms with E-state index < -0.39 is 0 Å². The molecular formula is C15H18N2O2. The molecule has 1 heterocycles. The van der Waals surface area contributed by atoms with Crippen LogP contribution in [0.25, 0.3) is 10.8 Å². The molecule has 0 fully saturated rings. The molecule has 1 unspecified atom stereocenters. The Bertz CT molecular complexity index is 564. The average molecular weight is 258 g/mol. The zero-order valence-corrected chi connectivity index (χ0v) is 11.0. The van der Waals surface area contributed by atoms with Crippen molar-refractivity contribution in [2.45, 2.75) is 13.3 Å². The van der Waals surface area contributed by atoms with Gasteiger partial charge in [-0.05, 0) is 23.8 Å². The van der Waals surface area contributed by atoms with Crippen LogP contribution in [0.15, 0.2) is 36.5 Å². The maximum atomic E-state index is 12.1. The second-order valence-electron chi connectivity index (χ2n) is 4.71. The number of hydrogen-bond acceptors (Lipinski definition) is 3. The molecule has 100 valence electrons. The first-order chi connectivity index (χ1) is 9.22. The molecule has 0 bridgehead atoms. The van der Waals surface area contributed by atoms with E-state index in [-0.39, 0.29) is 18.4 Å². The smallest absolute Gasteiger partial charge is 0.270 e. The number of rotatable bonds is 5. The van der Waals surface area contributed by atoms with E-state index in [9.17, 15) is 4.79 Å². The van der Waals surface area contributed by atoms with Gasteiger partial charge >= 0.3 is 0 Å². The van der Waals surface area contributed by atoms with Gasteiger partial charge in [-0.3, -0.25) is 9.78 Å². The summed E-state index contributed by atoms with van der Waals surface area (Å²) < 4.78 is 0. The third-order valence-corrected chi connectivity index (χ3v) is 3.12. The molecule has 19 heavy (non-hydrogen) atoms. The third kappa shape index (κ3) is 3.29. The van der Waals surface area contributed by atoms with Crippen molar-refractivity contribution in [3.63, 3.8) is 0 Å². The summed E-state index contributed by atoms with van der Waals surface area (Å²) in [6.45, 7) is 2.68. The maximum absolute atomic E-state index is 12.1. The first kappa shape index (κ1) is 13.5. The normalized spacial score (nSPS) is 12.3. The highest BCUT2D eigenvalue weighted by Crippen LogP contribution is 2.16. The molecule has 2 aromatic rings. The standard InChI is InChI=1S/C15H18N2O2/c1-11(7-9-18)10-17-15(19)14-13-5-3-2-4-12(13)6-8-16-14/h2-6,8,11,18H,7,9-10H2,1H3,(H,17,19). The largest absolute Gasteiger partial charge is 0.396 e. The molecule has 0 saturated carbocycles. The minimum Gasteiger partial charge on any atom is -0.396 e. The van der Waals surface area contributed by atoms with Crippen LogP contribution in [0, 0.1) is 5.92 Å². The van der Waals surface area contributed by atoms with Crippen molar-refractivity contribution in [3.8, 4) is 0 Å². The molecule has 0 saturated heterocycles. The Morgan fingerprint density at radius 2 is 2.16 bits per heavy atom. The summed E-state index contributed by atoms with van der Waals surface area (Å²) in [5, 5.41) is 13.6. The van der Waals surface area contributed by atoms with Crippen molar-refractivity contribution in [1.29, 1.82) is 0 Å². The highest BCUT2D eigenvalue weighted by molar-refractivity contribution is 6.05. The van der Waals surface area contributed by atoms with Crippen LogP contribution in [0.3, 0.4) is 0 Å². The van der Waals surface area contributed by atoms with Crippen LogP contribution in [0.1, 0.15) is 23.8 Å². The predicted molar refractivity (Wildman–Crippen MR) is 74.9 cm³/mol. The second-order valence-corrected chi connectivity index (χ2v) is 4.71. The van der Waals surface area contributed by atoms with E-state index in [1.165, 1.54) is 0 Å². The van der Waals surface area contributed by atoms with Crippen LogP contribution in [0.2, 0.25) is 0 Å². The zero-order valence-electron chi connectivity index (χ0n) is 11.0. The second kappa shape index (κ2) is 6.29. The summed E-state index contributed by atoms with van der Waals surface area (Å²) in [7, 11) is 0. The van der Waals surface area contributed by atoms with E-state index in [0.29, 0.717) is 18.7 Å². The van der Waals surface area contributed by atoms with Crippen molar-refractivity contribution < 1.29 is 9.90 Å². The van der Waals surface area contributed by atoms with Crippen LogP contribution >= 0.6 is 0 Å². The van der Waals surface area contributed by atoms with Gasteiger partial charge in [0.2, 0.25) is 0 Å². The summed E-state index contributed by atoms with van der Waals surface area (Å²) >= 11 is 0. The van der Waals surface area contributed by atoms with Crippen LogP contribution in [-0.2, 0) is 0 Å². The van der Waals surface area contributed by atoms with Crippen LogP contribution in [-0.4, -0.2) is 29.1 Å². The molecule has 0 aliphatic heterocycles. The van der Waals surface area contributed by atoms with Gasteiger partial charge in [0.05, 0.1) is 0 Å². The third-order valence-electron chi connectivity index (χ3n) is 3.12. The number of amides is 1. The van der Waals surface area contributed by atoms with Crippen molar-refractivity contribution >= 4 is 16.7 Å². The number of aliphatic hydroxyl groups is 1. The lowest BCUT2D eigenvalue weighted by Crippen LogP contribution is -2.29. The lowest BCUT2D eigenvalue weighted by molar-refractivity contribution is 0.0942. The molecule has 0 aliphatic carbocycles. The van der Waals surface area contributed by atoms with Crippen molar-refractivity contribution in [1.82, 2.24) is 10.3 Å². The SMILES string of the molecule is CC(CCO)CNC(=O)c1nccc2ccccc12. The van der Waals surface area contributed by atoms with Crippen LogP contribution in [0.5, 0.6) is 0 Å². The molecule has 0 spiro atoms. The van der Waals surface area contributed by atoms with E-state index in [4.69, 9.17) is 5.11 Å². The lowest BCUT2D eigenvalue weighted by atomic mass is 10.1. The van der Waals surface area contributed by atoms with Gasteiger partial charge in [-0.25, -0.2) is 0 Å². The van der Waals surface area contributed by atoms with Crippen LogP contribution in [0.4, 0.5) is 0 Å². The molecule has 1 aromatic heterocycles. The minimum atomic E-state index is -0.165. The highest BCUT2D eigenvalue weighted by atomic mass is 16.3. The summed E-state index contributed by atoms with van der Waals surface area (Å²) in [5.74, 6) is 0.0884. The van der Waals surface area contributed by atoms with Gasteiger partial charge in [0.25, 0.3) is 5.91 Å². The monoisotopic (exact) mass is 258 g/mol. The Morgan fingerprint density at radius 3 is 2.95 bits per heavy atom. The molecular weight excluding hydrogens is 240 g/mol. The highest BCUT2D eigenvalue weighted by Gasteiger charge is 2.12. The maximum Gasteiger partial charge on any atom is 0.270 e. The summed E-state index contributed by atoms with van der Waals surface area (Å²) in [5.41, 5.74) is 0.453. The van der Waals surface area contributed by atoms with E-state index in [0.717, 1.165) is 10.8 Å². The van der Waals surface area contributed by atoms with Crippen molar-refractivity contribution in [2.24, 2.45) is 5.92 Å². The molecule has 2 N–H and O–H groups in total. The topological polar surface area (TPSA) is 62.2 Å². The van der Waals surface area contributed by atoms with Crippen molar-refractivity contribution in [3.05, 3.63) is 42.2 Å². The Morgan fingerprint density at radius 1 is 1.37 bits per heavy atom. The fourth-order valence-electron chi connectivity index (χ4n) is 1.97. The molecule has 0 radical (unpaired) electrons. The molecule has 4 heteroatoms. The van der Waals surface area contributed by atoms with Gasteiger partial charge in [0, 0.05) is 24.7 Å². The first-order valence-corrected chi connectivity index (χ1v) is 6.45. The first-order valence-electron chi connectivity index (χ1n) is 6.45. The zero-order chi connectivity index (χ0) is 13.7. The van der Waals surface area contributed by atoms with E-state index in [2.05, 4.69) is 10.3 Å². The number of carbonyl (C=O) groups is 1. The van der Waals surface area contributed by atoms with Gasteiger partial charge in [0.15, 0.2) is 0 Å². The summed E-state index contributed by atoms with van der Waals surface area (Å²) in [6, 6.07) is 9.58. The van der Waals surface area contributed by atoms with Crippen molar-refractivity contribution in [2.75, 3.05) is 13.2 Å². The molecule has 1 aromatic carbocycles. The van der Waals surface area contributed by atoms with Crippen LogP contribution < -0.4 is 5.32 Å². The molecule has 4 nitrogen and oxygen atoms in total. The number of nitrogens with one attached hydrogen (secondary N) is 1. The number of nitrogens with zero attached hydrogens (tertiary/aromatic N) is 1. The number of aromatic nitrogens is 1. The number of aliphatic hydroxyl groups excluding tert-OH is 1. The fraction of sp³-hybridized carbons (Fsp3) is 0.333. The molecule has 2 rings (SSSR count). The Balaban J connectivity index is 2.13.